The lowest BCUT2D eigenvalue weighted by molar-refractivity contribution is -0.150. The molecule has 342 valence electrons. The fourth-order valence-electron chi connectivity index (χ4n) is 6.36. The van der Waals surface area contributed by atoms with Crippen molar-refractivity contribution < 1.29 is 53.3 Å². The standard InChI is InChI=1S/C18H23N9O4S3.C16H17N5O7S2/c1-25(2)3-4-26-18(22-23-24-26)34-7-9-6-32-15-12(14(29)27(15)13(9)16(30)31)21-11(28)5-10-8-33-17(19)20-10;1-6(22)28-3-7-4-29-14-10(13(24)21(14)11(7)15(25)26)19-12(23)9(20-27-2)8-5-30-16(17)18-8/h8,12,15H,3-7H2,1-2H3,(H2,19,20)(H,21,28)(H,30,31);5,10,14H,3-4H2,1-2H3,(H2,17,18)(H,19,23)(H,25,26)/b;20-9+/t12-,15-;10-,14-/m11/s1. The maximum absolute atomic E-state index is 12.8. The van der Waals surface area contributed by atoms with Crippen LogP contribution in [0.1, 0.15) is 18.3 Å². The highest BCUT2D eigenvalue weighted by atomic mass is 32.2. The molecule has 0 unspecified atom stereocenters. The van der Waals surface area contributed by atoms with E-state index in [1.54, 1.807) is 10.1 Å². The number of oxime groups is 1. The third-order valence-electron chi connectivity index (χ3n) is 9.26. The quantitative estimate of drug-likeness (QED) is 0.0302. The molecule has 7 heterocycles. The Labute approximate surface area is 383 Å². The van der Waals surface area contributed by atoms with Crippen molar-refractivity contribution in [2.45, 2.75) is 47.9 Å². The summed E-state index contributed by atoms with van der Waals surface area (Å²) in [6.07, 6.45) is 0.000917. The Balaban J connectivity index is 0.000000214. The minimum absolute atomic E-state index is 0.000917. The lowest BCUT2D eigenvalue weighted by atomic mass is 10.0. The molecule has 0 spiro atoms. The molecule has 7 rings (SSSR count). The molecule has 8 N–H and O–H groups in total. The number of β-lactam (4-membered cyclic amide) rings is 2. The van der Waals surface area contributed by atoms with Crippen LogP contribution in [0, 0.1) is 0 Å². The number of carbonyl (C=O) groups is 7. The average molecular weight is 981 g/mol. The van der Waals surface area contributed by atoms with Gasteiger partial charge in [-0.1, -0.05) is 16.9 Å². The summed E-state index contributed by atoms with van der Waals surface area (Å²) in [5.41, 5.74) is 12.4. The molecule has 4 aliphatic rings. The number of rotatable bonds is 17. The molecule has 64 heavy (non-hydrogen) atoms. The first-order chi connectivity index (χ1) is 30.5. The van der Waals surface area contributed by atoms with E-state index in [0.29, 0.717) is 45.2 Å². The summed E-state index contributed by atoms with van der Waals surface area (Å²) in [6, 6.07) is -1.75. The fourth-order valence-corrected chi connectivity index (χ4v) is 11.2. The number of tetrazole rings is 1. The molecule has 25 nitrogen and oxygen atoms in total. The van der Waals surface area contributed by atoms with Gasteiger partial charge >= 0.3 is 17.9 Å². The number of fused-ring (bicyclic) bond motifs is 2. The van der Waals surface area contributed by atoms with Crippen LogP contribution in [0.5, 0.6) is 0 Å². The van der Waals surface area contributed by atoms with Gasteiger partial charge in [0.15, 0.2) is 16.0 Å². The van der Waals surface area contributed by atoms with Crippen LogP contribution in [0.15, 0.2) is 43.6 Å². The Kier molecular flexibility index (Phi) is 15.5. The highest BCUT2D eigenvalue weighted by Crippen LogP contribution is 2.42. The predicted octanol–water partition coefficient (Wildman–Crippen LogP) is -1.28. The Bertz CT molecular complexity index is 2430. The highest BCUT2D eigenvalue weighted by molar-refractivity contribution is 8.01. The van der Waals surface area contributed by atoms with E-state index < -0.39 is 58.5 Å². The number of hydrogen-bond donors (Lipinski definition) is 6. The zero-order valence-electron chi connectivity index (χ0n) is 34.2. The van der Waals surface area contributed by atoms with E-state index in [1.807, 2.05) is 19.0 Å². The van der Waals surface area contributed by atoms with Crippen molar-refractivity contribution in [1.29, 1.82) is 0 Å². The second kappa shape index (κ2) is 20.8. The van der Waals surface area contributed by atoms with E-state index >= 15 is 0 Å². The van der Waals surface area contributed by atoms with Gasteiger partial charge in [0.25, 0.3) is 17.7 Å². The predicted molar refractivity (Wildman–Crippen MR) is 233 cm³/mol. The molecule has 3 aromatic heterocycles. The number of nitrogen functional groups attached to an aromatic ring is 2. The smallest absolute Gasteiger partial charge is 0.352 e. The number of thioether (sulfide) groups is 3. The Morgan fingerprint density at radius 2 is 1.55 bits per heavy atom. The Hall–Kier alpha value is -5.82. The van der Waals surface area contributed by atoms with Crippen LogP contribution in [0.3, 0.4) is 0 Å². The van der Waals surface area contributed by atoms with Gasteiger partial charge in [-0.2, -0.15) is 0 Å². The molecule has 0 radical (unpaired) electrons. The zero-order valence-corrected chi connectivity index (χ0v) is 38.2. The molecule has 0 aromatic carbocycles. The van der Waals surface area contributed by atoms with Crippen LogP contribution in [0.25, 0.3) is 0 Å². The zero-order chi connectivity index (χ0) is 46.4. The summed E-state index contributed by atoms with van der Waals surface area (Å²) in [5, 5.41) is 43.3. The Morgan fingerprint density at radius 1 is 0.938 bits per heavy atom. The summed E-state index contributed by atoms with van der Waals surface area (Å²) in [6.45, 7) is 2.33. The first kappa shape index (κ1) is 47.7. The van der Waals surface area contributed by atoms with E-state index in [-0.39, 0.29) is 52.6 Å². The Morgan fingerprint density at radius 3 is 2.11 bits per heavy atom. The number of aromatic nitrogens is 6. The van der Waals surface area contributed by atoms with Crippen molar-refractivity contribution >= 4 is 115 Å². The number of nitrogens with two attached hydrogens (primary N) is 2. The number of anilines is 2. The number of ether oxygens (including phenoxy) is 1. The molecule has 2 fully saturated rings. The summed E-state index contributed by atoms with van der Waals surface area (Å²) in [7, 11) is 5.15. The van der Waals surface area contributed by atoms with Gasteiger partial charge in [-0.25, -0.2) is 24.2 Å². The normalized spacial score (nSPS) is 20.4. The molecule has 2 saturated heterocycles. The molecule has 30 heteroatoms. The summed E-state index contributed by atoms with van der Waals surface area (Å²) in [4.78, 5) is 102. The number of likely N-dealkylation sites (N-methyl/N-ethyl adjacent to an activating group) is 1. The lowest BCUT2D eigenvalue weighted by Gasteiger charge is -2.49. The summed E-state index contributed by atoms with van der Waals surface area (Å²) >= 11 is 6.33. The molecular formula is C34H40N14O11S5. The van der Waals surface area contributed by atoms with Gasteiger partial charge in [0.2, 0.25) is 11.1 Å². The summed E-state index contributed by atoms with van der Waals surface area (Å²) in [5.74, 6) is -4.23. The maximum Gasteiger partial charge on any atom is 0.352 e. The summed E-state index contributed by atoms with van der Waals surface area (Å²) < 4.78 is 6.55. The lowest BCUT2D eigenvalue weighted by Crippen LogP contribution is -2.71. The number of thiazole rings is 2. The van der Waals surface area contributed by atoms with Gasteiger partial charge in [-0.15, -0.1) is 51.3 Å². The van der Waals surface area contributed by atoms with Crippen molar-refractivity contribution in [3.8, 4) is 0 Å². The highest BCUT2D eigenvalue weighted by Gasteiger charge is 2.55. The first-order valence-corrected chi connectivity index (χ1v) is 23.4. The molecule has 3 aromatic rings. The van der Waals surface area contributed by atoms with Crippen molar-refractivity contribution in [2.24, 2.45) is 5.16 Å². The van der Waals surface area contributed by atoms with Crippen LogP contribution in [-0.4, -0.2) is 177 Å². The molecule has 4 aliphatic heterocycles. The van der Waals surface area contributed by atoms with Crippen LogP contribution >= 0.6 is 58.0 Å². The minimum atomic E-state index is -1.32. The fraction of sp³-hybridized carbons (Fsp3) is 0.441. The largest absolute Gasteiger partial charge is 0.477 e. The molecule has 0 saturated carbocycles. The maximum atomic E-state index is 12.8. The van der Waals surface area contributed by atoms with Gasteiger partial charge in [-0.05, 0) is 30.1 Å². The average Bonchev–Trinajstić information content (AvgIpc) is 4.01. The van der Waals surface area contributed by atoms with Crippen LogP contribution in [0.4, 0.5) is 10.3 Å². The molecule has 0 bridgehead atoms. The number of aliphatic carboxylic acids is 2. The molecule has 0 aliphatic carbocycles. The van der Waals surface area contributed by atoms with Gasteiger partial charge in [0.05, 0.1) is 18.7 Å². The van der Waals surface area contributed by atoms with Crippen LogP contribution < -0.4 is 22.1 Å². The number of nitrogens with one attached hydrogen (secondary N) is 2. The molecular weight excluding hydrogens is 941 g/mol. The van der Waals surface area contributed by atoms with Gasteiger partial charge in [-0.3, -0.25) is 33.8 Å². The third kappa shape index (κ3) is 10.7. The topological polar surface area (TPSA) is 346 Å². The second-order valence-electron chi connectivity index (χ2n) is 13.9. The van der Waals surface area contributed by atoms with Crippen LogP contribution in [-0.2, 0) is 56.1 Å². The van der Waals surface area contributed by atoms with Crippen molar-refractivity contribution in [2.75, 3.05) is 63.1 Å². The number of carboxylic acid groups (broad SMARTS) is 2. The molecule has 4 atom stereocenters. The number of carbonyl (C=O) groups excluding carboxylic acids is 5. The van der Waals surface area contributed by atoms with E-state index in [4.69, 9.17) is 16.2 Å². The number of nitrogens with zero attached hydrogens (tertiary/aromatic N) is 10. The second-order valence-corrected chi connectivity index (χ2v) is 18.9. The number of esters is 1. The first-order valence-electron chi connectivity index (χ1n) is 18.6. The SMILES string of the molecule is CN(C)CCn1nnnc1SCC1=C(C(=O)O)N2C(=O)[C@@H](NC(=O)Cc3csc(N)n3)[C@H]2SC1.CO/N=C(/C(=O)N[C@@H]1C(=O)N2C(C(=O)O)=C(COC(C)=O)CS[C@H]12)c1csc(N)n1. The minimum Gasteiger partial charge on any atom is -0.477 e. The van der Waals surface area contributed by atoms with Crippen LogP contribution in [0.2, 0.25) is 0 Å². The van der Waals surface area contributed by atoms with E-state index in [0.717, 1.165) is 22.8 Å². The van der Waals surface area contributed by atoms with E-state index in [9.17, 15) is 43.8 Å². The third-order valence-corrected chi connectivity index (χ3v) is 14.4. The van der Waals surface area contributed by atoms with Crippen molar-refractivity contribution in [1.82, 2.24) is 55.5 Å². The molecule has 4 amide bonds. The van der Waals surface area contributed by atoms with Crippen molar-refractivity contribution in [3.63, 3.8) is 0 Å². The van der Waals surface area contributed by atoms with E-state index in [1.165, 1.54) is 70.9 Å². The van der Waals surface area contributed by atoms with Crippen molar-refractivity contribution in [3.05, 3.63) is 44.7 Å². The monoisotopic (exact) mass is 980 g/mol. The van der Waals surface area contributed by atoms with Gasteiger partial charge in [0, 0.05) is 47.1 Å². The van der Waals surface area contributed by atoms with Gasteiger partial charge in [0.1, 0.15) is 53.6 Å². The van der Waals surface area contributed by atoms with Gasteiger partial charge < -0.3 is 46.8 Å². The number of amides is 4. The number of carboxylic acids is 2. The number of hydrogen-bond acceptors (Lipinski definition) is 23. The van der Waals surface area contributed by atoms with E-state index in [2.05, 4.69) is 46.1 Å².